The molecule has 1 aromatic heterocycles. The second-order valence-electron chi connectivity index (χ2n) is 3.76. The number of thioether (sulfide) groups is 1. The van der Waals surface area contributed by atoms with Gasteiger partial charge in [0.2, 0.25) is 0 Å². The molecule has 4 heteroatoms. The topological polar surface area (TPSA) is 50.2 Å². The molecule has 0 fully saturated rings. The molecule has 1 aliphatic heterocycles. The van der Waals surface area contributed by atoms with Crippen LogP contribution in [0.4, 0.5) is 0 Å². The van der Waals surface area contributed by atoms with Gasteiger partial charge in [-0.15, -0.1) is 11.8 Å². The Kier molecular flexibility index (Phi) is 2.11. The Labute approximate surface area is 96.5 Å². The molecule has 0 amide bonds. The van der Waals surface area contributed by atoms with E-state index in [-0.39, 0.29) is 0 Å². The number of fused-ring (bicyclic) bond motifs is 2. The fraction of sp³-hybridized carbons (Fsp3) is 0.167. The summed E-state index contributed by atoms with van der Waals surface area (Å²) in [4.78, 5) is 15.4. The highest BCUT2D eigenvalue weighted by Crippen LogP contribution is 2.31. The molecule has 2 aromatic rings. The third-order valence-corrected chi connectivity index (χ3v) is 3.75. The fourth-order valence-corrected chi connectivity index (χ4v) is 2.92. The van der Waals surface area contributed by atoms with Gasteiger partial charge in [0, 0.05) is 11.1 Å². The molecule has 0 atom stereocenters. The highest BCUT2D eigenvalue weighted by molar-refractivity contribution is 7.99. The predicted octanol–water partition coefficient (Wildman–Crippen LogP) is 2.58. The van der Waals surface area contributed by atoms with Crippen molar-refractivity contribution in [3.8, 4) is 0 Å². The number of aryl methyl sites for hydroxylation is 1. The standard InChI is InChI=1S/C12H9NO2S/c14-12(15)8-1-2-10-9(6-8)5-7-3-4-16-11(7)13-10/h1-2,5-6H,3-4H2,(H,14,15). The van der Waals surface area contributed by atoms with Crippen molar-refractivity contribution < 1.29 is 9.90 Å². The van der Waals surface area contributed by atoms with Gasteiger partial charge in [-0.25, -0.2) is 9.78 Å². The maximum Gasteiger partial charge on any atom is 0.335 e. The third kappa shape index (κ3) is 1.46. The molecule has 0 unspecified atom stereocenters. The van der Waals surface area contributed by atoms with Crippen LogP contribution >= 0.6 is 11.8 Å². The largest absolute Gasteiger partial charge is 0.478 e. The molecular weight excluding hydrogens is 222 g/mol. The van der Waals surface area contributed by atoms with Crippen LogP contribution in [0.25, 0.3) is 10.9 Å². The normalized spacial score (nSPS) is 14.0. The van der Waals surface area contributed by atoms with Gasteiger partial charge in [-0.2, -0.15) is 0 Å². The average molecular weight is 231 g/mol. The van der Waals surface area contributed by atoms with Crippen LogP contribution < -0.4 is 0 Å². The Morgan fingerprint density at radius 2 is 2.25 bits per heavy atom. The molecule has 0 saturated heterocycles. The summed E-state index contributed by atoms with van der Waals surface area (Å²) in [7, 11) is 0. The van der Waals surface area contributed by atoms with Crippen molar-refractivity contribution in [1.29, 1.82) is 0 Å². The molecule has 16 heavy (non-hydrogen) atoms. The van der Waals surface area contributed by atoms with E-state index in [0.29, 0.717) is 5.56 Å². The van der Waals surface area contributed by atoms with Gasteiger partial charge in [0.05, 0.1) is 16.1 Å². The highest BCUT2D eigenvalue weighted by atomic mass is 32.2. The molecule has 3 rings (SSSR count). The molecule has 0 aliphatic carbocycles. The van der Waals surface area contributed by atoms with Crippen molar-refractivity contribution in [3.63, 3.8) is 0 Å². The number of carboxylic acids is 1. The minimum atomic E-state index is -0.892. The Bertz CT molecular complexity index is 595. The Morgan fingerprint density at radius 3 is 3.06 bits per heavy atom. The van der Waals surface area contributed by atoms with E-state index in [9.17, 15) is 4.79 Å². The predicted molar refractivity (Wildman–Crippen MR) is 63.1 cm³/mol. The number of benzene rings is 1. The van der Waals surface area contributed by atoms with Crippen molar-refractivity contribution in [2.75, 3.05) is 5.75 Å². The van der Waals surface area contributed by atoms with Gasteiger partial charge in [0.25, 0.3) is 0 Å². The molecule has 80 valence electrons. The number of rotatable bonds is 1. The van der Waals surface area contributed by atoms with Gasteiger partial charge >= 0.3 is 5.97 Å². The van der Waals surface area contributed by atoms with E-state index >= 15 is 0 Å². The van der Waals surface area contributed by atoms with Crippen molar-refractivity contribution in [3.05, 3.63) is 35.4 Å². The zero-order chi connectivity index (χ0) is 11.1. The molecule has 1 aromatic carbocycles. The monoisotopic (exact) mass is 231 g/mol. The second-order valence-corrected chi connectivity index (χ2v) is 4.85. The summed E-state index contributed by atoms with van der Waals surface area (Å²) < 4.78 is 0. The summed E-state index contributed by atoms with van der Waals surface area (Å²) in [5.74, 6) is 0.182. The van der Waals surface area contributed by atoms with Crippen LogP contribution in [0.2, 0.25) is 0 Å². The molecule has 1 N–H and O–H groups in total. The molecule has 3 nitrogen and oxygen atoms in total. The number of carbonyl (C=O) groups is 1. The first-order valence-corrected chi connectivity index (χ1v) is 6.02. The minimum Gasteiger partial charge on any atom is -0.478 e. The Morgan fingerprint density at radius 1 is 1.38 bits per heavy atom. The fourth-order valence-electron chi connectivity index (χ4n) is 1.90. The molecular formula is C12H9NO2S. The van der Waals surface area contributed by atoms with Crippen LogP contribution in [0, 0.1) is 0 Å². The lowest BCUT2D eigenvalue weighted by Crippen LogP contribution is -1.96. The lowest BCUT2D eigenvalue weighted by atomic mass is 10.1. The number of carboxylic acid groups (broad SMARTS) is 1. The van der Waals surface area contributed by atoms with Crippen molar-refractivity contribution in [1.82, 2.24) is 4.98 Å². The summed E-state index contributed by atoms with van der Waals surface area (Å²) in [6.07, 6.45) is 1.03. The Hall–Kier alpha value is -1.55. The number of hydrogen-bond acceptors (Lipinski definition) is 3. The van der Waals surface area contributed by atoms with E-state index in [1.54, 1.807) is 30.0 Å². The number of aromatic carboxylic acids is 1. The zero-order valence-electron chi connectivity index (χ0n) is 8.43. The summed E-state index contributed by atoms with van der Waals surface area (Å²) >= 11 is 1.77. The SMILES string of the molecule is O=C(O)c1ccc2nc3c(cc2c1)CCS3. The van der Waals surface area contributed by atoms with Crippen LogP contribution in [-0.4, -0.2) is 21.8 Å². The van der Waals surface area contributed by atoms with Gasteiger partial charge in [-0.3, -0.25) is 0 Å². The molecule has 0 saturated carbocycles. The molecule has 0 radical (unpaired) electrons. The van der Waals surface area contributed by atoms with E-state index < -0.39 is 5.97 Å². The molecule has 0 bridgehead atoms. The Balaban J connectivity index is 2.24. The molecule has 0 spiro atoms. The van der Waals surface area contributed by atoms with E-state index in [4.69, 9.17) is 5.11 Å². The first-order valence-electron chi connectivity index (χ1n) is 5.04. The summed E-state index contributed by atoms with van der Waals surface area (Å²) in [5, 5.41) is 10.9. The van der Waals surface area contributed by atoms with Crippen molar-refractivity contribution >= 4 is 28.6 Å². The maximum atomic E-state index is 10.9. The lowest BCUT2D eigenvalue weighted by molar-refractivity contribution is 0.0697. The number of nitrogens with zero attached hydrogens (tertiary/aromatic N) is 1. The van der Waals surface area contributed by atoms with Gasteiger partial charge in [0.15, 0.2) is 0 Å². The van der Waals surface area contributed by atoms with Crippen molar-refractivity contribution in [2.24, 2.45) is 0 Å². The van der Waals surface area contributed by atoms with Crippen LogP contribution in [0.3, 0.4) is 0 Å². The number of aromatic nitrogens is 1. The van der Waals surface area contributed by atoms with Crippen molar-refractivity contribution in [2.45, 2.75) is 11.4 Å². The minimum absolute atomic E-state index is 0.319. The van der Waals surface area contributed by atoms with E-state index in [1.165, 1.54) is 5.56 Å². The number of pyridine rings is 1. The van der Waals surface area contributed by atoms with Crippen LogP contribution in [0.15, 0.2) is 29.3 Å². The highest BCUT2D eigenvalue weighted by Gasteiger charge is 2.14. The van der Waals surface area contributed by atoms with E-state index in [2.05, 4.69) is 11.1 Å². The summed E-state index contributed by atoms with van der Waals surface area (Å²) in [6.45, 7) is 0. The average Bonchev–Trinajstić information content (AvgIpc) is 2.71. The van der Waals surface area contributed by atoms with Gasteiger partial charge in [-0.05, 0) is 36.2 Å². The third-order valence-electron chi connectivity index (χ3n) is 2.71. The van der Waals surface area contributed by atoms with Gasteiger partial charge < -0.3 is 5.11 Å². The van der Waals surface area contributed by atoms with Crippen LogP contribution in [0.5, 0.6) is 0 Å². The zero-order valence-corrected chi connectivity index (χ0v) is 9.25. The van der Waals surface area contributed by atoms with E-state index in [1.807, 2.05) is 0 Å². The first-order chi connectivity index (χ1) is 7.74. The molecule has 2 heterocycles. The summed E-state index contributed by atoms with van der Waals surface area (Å²) in [6, 6.07) is 7.12. The summed E-state index contributed by atoms with van der Waals surface area (Å²) in [5.41, 5.74) is 2.43. The smallest absolute Gasteiger partial charge is 0.335 e. The van der Waals surface area contributed by atoms with E-state index in [0.717, 1.165) is 28.1 Å². The second kappa shape index (κ2) is 3.49. The molecule has 1 aliphatic rings. The number of hydrogen-bond donors (Lipinski definition) is 1. The first kappa shape index (κ1) is 9.66. The van der Waals surface area contributed by atoms with Crippen LogP contribution in [0.1, 0.15) is 15.9 Å². The van der Waals surface area contributed by atoms with Gasteiger partial charge in [0.1, 0.15) is 0 Å². The maximum absolute atomic E-state index is 10.9. The quantitative estimate of drug-likeness (QED) is 0.819. The van der Waals surface area contributed by atoms with Gasteiger partial charge in [-0.1, -0.05) is 0 Å². The van der Waals surface area contributed by atoms with Crippen LogP contribution in [-0.2, 0) is 6.42 Å². The lowest BCUT2D eigenvalue weighted by Gasteiger charge is -2.02.